The van der Waals surface area contributed by atoms with Crippen LogP contribution in [0.25, 0.3) is 0 Å². The quantitative estimate of drug-likeness (QED) is 0.844. The van der Waals surface area contributed by atoms with Gasteiger partial charge in [-0.2, -0.15) is 0 Å². The lowest BCUT2D eigenvalue weighted by atomic mass is 9.56. The number of nitrogens with two attached hydrogens (primary N) is 1. The average Bonchev–Trinajstić information content (AvgIpc) is 3.06. The summed E-state index contributed by atoms with van der Waals surface area (Å²) in [5.74, 6) is 1.00. The summed E-state index contributed by atoms with van der Waals surface area (Å²) in [5, 5.41) is 0. The third kappa shape index (κ3) is 1.29. The summed E-state index contributed by atoms with van der Waals surface area (Å²) in [4.78, 5) is 0. The average molecular weight is 217 g/mol. The molecule has 2 aliphatic carbocycles. The molecule has 1 aromatic rings. The van der Waals surface area contributed by atoms with Crippen LogP contribution in [0.5, 0.6) is 5.75 Å². The van der Waals surface area contributed by atoms with Crippen molar-refractivity contribution < 1.29 is 4.74 Å². The van der Waals surface area contributed by atoms with Gasteiger partial charge in [-0.1, -0.05) is 18.2 Å². The SMILES string of the molecule is COc1ccccc1C1(CN)CC2(CC2)C1. The zero-order valence-corrected chi connectivity index (χ0v) is 9.83. The number of benzene rings is 1. The Balaban J connectivity index is 1.95. The molecule has 0 atom stereocenters. The summed E-state index contributed by atoms with van der Waals surface area (Å²) in [6, 6.07) is 8.34. The molecule has 2 aliphatic rings. The van der Waals surface area contributed by atoms with Gasteiger partial charge in [0.1, 0.15) is 5.75 Å². The third-order valence-corrected chi connectivity index (χ3v) is 4.45. The second-order valence-corrected chi connectivity index (χ2v) is 5.54. The van der Waals surface area contributed by atoms with Gasteiger partial charge in [-0.3, -0.25) is 0 Å². The van der Waals surface area contributed by atoms with Crippen LogP contribution >= 0.6 is 0 Å². The predicted molar refractivity (Wildman–Crippen MR) is 64.6 cm³/mol. The monoisotopic (exact) mass is 217 g/mol. The zero-order valence-electron chi connectivity index (χ0n) is 9.83. The van der Waals surface area contributed by atoms with Crippen molar-refractivity contribution in [3.8, 4) is 5.75 Å². The van der Waals surface area contributed by atoms with Gasteiger partial charge in [0.25, 0.3) is 0 Å². The summed E-state index contributed by atoms with van der Waals surface area (Å²) < 4.78 is 5.46. The van der Waals surface area contributed by atoms with E-state index in [1.165, 1.54) is 31.2 Å². The Labute approximate surface area is 96.8 Å². The van der Waals surface area contributed by atoms with Crippen LogP contribution in [-0.4, -0.2) is 13.7 Å². The van der Waals surface area contributed by atoms with E-state index in [1.807, 2.05) is 12.1 Å². The molecule has 2 saturated carbocycles. The molecule has 1 aromatic carbocycles. The molecule has 3 rings (SSSR count). The van der Waals surface area contributed by atoms with Crippen LogP contribution in [-0.2, 0) is 5.41 Å². The number of hydrogen-bond donors (Lipinski definition) is 1. The fourth-order valence-corrected chi connectivity index (χ4v) is 3.44. The maximum atomic E-state index is 6.02. The Hall–Kier alpha value is -1.02. The van der Waals surface area contributed by atoms with Crippen LogP contribution in [0, 0.1) is 5.41 Å². The third-order valence-electron chi connectivity index (χ3n) is 4.45. The van der Waals surface area contributed by atoms with Crippen molar-refractivity contribution in [1.29, 1.82) is 0 Å². The van der Waals surface area contributed by atoms with Gasteiger partial charge >= 0.3 is 0 Å². The summed E-state index contributed by atoms with van der Waals surface area (Å²) in [5.41, 5.74) is 8.20. The normalized spacial score (nSPS) is 23.9. The van der Waals surface area contributed by atoms with Crippen molar-refractivity contribution in [3.05, 3.63) is 29.8 Å². The minimum atomic E-state index is 0.198. The van der Waals surface area contributed by atoms with Gasteiger partial charge in [-0.15, -0.1) is 0 Å². The molecule has 0 heterocycles. The molecule has 0 amide bonds. The van der Waals surface area contributed by atoms with Crippen molar-refractivity contribution in [2.75, 3.05) is 13.7 Å². The van der Waals surface area contributed by atoms with Crippen molar-refractivity contribution in [1.82, 2.24) is 0 Å². The van der Waals surface area contributed by atoms with Crippen molar-refractivity contribution in [2.24, 2.45) is 11.1 Å². The van der Waals surface area contributed by atoms with Crippen molar-refractivity contribution >= 4 is 0 Å². The molecule has 0 bridgehead atoms. The Morgan fingerprint density at radius 3 is 2.50 bits per heavy atom. The smallest absolute Gasteiger partial charge is 0.122 e. The molecule has 2 N–H and O–H groups in total. The van der Waals surface area contributed by atoms with Crippen molar-refractivity contribution in [3.63, 3.8) is 0 Å². The van der Waals surface area contributed by atoms with Crippen LogP contribution < -0.4 is 10.5 Å². The fraction of sp³-hybridized carbons (Fsp3) is 0.571. The maximum Gasteiger partial charge on any atom is 0.122 e. The van der Waals surface area contributed by atoms with E-state index >= 15 is 0 Å². The first kappa shape index (κ1) is 10.2. The summed E-state index contributed by atoms with van der Waals surface area (Å²) >= 11 is 0. The number of methoxy groups -OCH3 is 1. The highest BCUT2D eigenvalue weighted by Crippen LogP contribution is 2.69. The molecular weight excluding hydrogens is 198 g/mol. The van der Waals surface area contributed by atoms with E-state index in [0.717, 1.165) is 12.3 Å². The lowest BCUT2D eigenvalue weighted by Gasteiger charge is -2.49. The van der Waals surface area contributed by atoms with Crippen LogP contribution in [0.2, 0.25) is 0 Å². The van der Waals surface area contributed by atoms with Gasteiger partial charge in [-0.05, 0) is 37.2 Å². The molecular formula is C14H19NO. The molecule has 86 valence electrons. The molecule has 0 saturated heterocycles. The number of ether oxygens (including phenoxy) is 1. The Morgan fingerprint density at radius 1 is 1.25 bits per heavy atom. The minimum Gasteiger partial charge on any atom is -0.496 e. The van der Waals surface area contributed by atoms with E-state index in [0.29, 0.717) is 5.41 Å². The van der Waals surface area contributed by atoms with Gasteiger partial charge in [-0.25, -0.2) is 0 Å². The van der Waals surface area contributed by atoms with Gasteiger partial charge in [0.2, 0.25) is 0 Å². The van der Waals surface area contributed by atoms with Crippen LogP contribution in [0.1, 0.15) is 31.2 Å². The molecule has 1 spiro atoms. The highest BCUT2D eigenvalue weighted by Gasteiger charge is 2.61. The number of para-hydroxylation sites is 1. The molecule has 0 unspecified atom stereocenters. The maximum absolute atomic E-state index is 6.02. The minimum absolute atomic E-state index is 0.198. The van der Waals surface area contributed by atoms with E-state index in [9.17, 15) is 0 Å². The van der Waals surface area contributed by atoms with E-state index in [1.54, 1.807) is 7.11 Å². The number of rotatable bonds is 3. The summed E-state index contributed by atoms with van der Waals surface area (Å²) in [6.45, 7) is 0.745. The first-order valence-corrected chi connectivity index (χ1v) is 6.07. The topological polar surface area (TPSA) is 35.2 Å². The fourth-order valence-electron chi connectivity index (χ4n) is 3.44. The first-order valence-electron chi connectivity index (χ1n) is 6.07. The van der Waals surface area contributed by atoms with Gasteiger partial charge in [0.05, 0.1) is 7.11 Å². The Kier molecular flexibility index (Phi) is 2.05. The Morgan fingerprint density at radius 2 is 1.94 bits per heavy atom. The Bertz CT molecular complexity index is 401. The predicted octanol–water partition coefficient (Wildman–Crippen LogP) is 2.47. The first-order chi connectivity index (χ1) is 7.74. The summed E-state index contributed by atoms with van der Waals surface area (Å²) in [6.07, 6.45) is 5.33. The summed E-state index contributed by atoms with van der Waals surface area (Å²) in [7, 11) is 1.74. The molecule has 2 heteroatoms. The van der Waals surface area contributed by atoms with Crippen LogP contribution in [0.15, 0.2) is 24.3 Å². The highest BCUT2D eigenvalue weighted by atomic mass is 16.5. The van der Waals surface area contributed by atoms with Gasteiger partial charge < -0.3 is 10.5 Å². The largest absolute Gasteiger partial charge is 0.496 e. The van der Waals surface area contributed by atoms with Crippen LogP contribution in [0.3, 0.4) is 0 Å². The standard InChI is InChI=1S/C14H19NO/c1-16-12-5-3-2-4-11(12)14(10-15)8-13(9-14)6-7-13/h2-5H,6-10,15H2,1H3. The zero-order chi connectivity index (χ0) is 11.2. The van der Waals surface area contributed by atoms with Gasteiger partial charge in [0.15, 0.2) is 0 Å². The van der Waals surface area contributed by atoms with Crippen LogP contribution in [0.4, 0.5) is 0 Å². The van der Waals surface area contributed by atoms with Crippen molar-refractivity contribution in [2.45, 2.75) is 31.1 Å². The van der Waals surface area contributed by atoms with E-state index < -0.39 is 0 Å². The van der Waals surface area contributed by atoms with E-state index in [2.05, 4.69) is 12.1 Å². The molecule has 0 aliphatic heterocycles. The second kappa shape index (κ2) is 3.24. The lowest BCUT2D eigenvalue weighted by Crippen LogP contribution is -2.48. The van der Waals surface area contributed by atoms with E-state index in [4.69, 9.17) is 10.5 Å². The molecule has 2 nitrogen and oxygen atoms in total. The lowest BCUT2D eigenvalue weighted by molar-refractivity contribution is 0.123. The second-order valence-electron chi connectivity index (χ2n) is 5.54. The molecule has 16 heavy (non-hydrogen) atoms. The van der Waals surface area contributed by atoms with E-state index in [-0.39, 0.29) is 5.41 Å². The molecule has 2 fully saturated rings. The highest BCUT2D eigenvalue weighted by molar-refractivity contribution is 5.43. The molecule has 0 radical (unpaired) electrons. The number of hydrogen-bond acceptors (Lipinski definition) is 2. The molecule has 0 aromatic heterocycles. The van der Waals surface area contributed by atoms with Gasteiger partial charge in [0, 0.05) is 17.5 Å².